The maximum absolute atomic E-state index is 2.51. The standard InChI is InChI=1S/C16H17N/c1-3-7-14(8-4-1)13-16-11-12-17(16)15-9-5-2-6-10-15/h1-10,16H,11-13H2. The van der Waals surface area contributed by atoms with Crippen LogP contribution in [0.2, 0.25) is 0 Å². The molecule has 0 amide bonds. The maximum atomic E-state index is 2.51. The lowest BCUT2D eigenvalue weighted by Gasteiger charge is -2.43. The summed E-state index contributed by atoms with van der Waals surface area (Å²) in [4.78, 5) is 2.51. The van der Waals surface area contributed by atoms with Crippen LogP contribution in [0.25, 0.3) is 0 Å². The molecule has 0 radical (unpaired) electrons. The number of anilines is 1. The lowest BCUT2D eigenvalue weighted by molar-refractivity contribution is 0.446. The van der Waals surface area contributed by atoms with E-state index in [1.165, 1.54) is 24.2 Å². The van der Waals surface area contributed by atoms with Gasteiger partial charge in [-0.15, -0.1) is 0 Å². The number of rotatable bonds is 3. The fourth-order valence-electron chi connectivity index (χ4n) is 2.50. The van der Waals surface area contributed by atoms with Crippen LogP contribution in [-0.2, 0) is 6.42 Å². The van der Waals surface area contributed by atoms with Gasteiger partial charge in [-0.05, 0) is 30.5 Å². The highest BCUT2D eigenvalue weighted by Crippen LogP contribution is 2.28. The highest BCUT2D eigenvalue weighted by atomic mass is 15.2. The van der Waals surface area contributed by atoms with Gasteiger partial charge in [0.25, 0.3) is 0 Å². The molecule has 1 aliphatic rings. The molecule has 0 spiro atoms. The summed E-state index contributed by atoms with van der Waals surface area (Å²) in [6.07, 6.45) is 2.47. The highest BCUT2D eigenvalue weighted by molar-refractivity contribution is 5.49. The predicted molar refractivity (Wildman–Crippen MR) is 72.3 cm³/mol. The number of hydrogen-bond donors (Lipinski definition) is 0. The zero-order chi connectivity index (χ0) is 11.5. The molecule has 2 aromatic carbocycles. The first-order valence-corrected chi connectivity index (χ1v) is 6.29. The fourth-order valence-corrected chi connectivity index (χ4v) is 2.50. The molecule has 1 heterocycles. The fraction of sp³-hybridized carbons (Fsp3) is 0.250. The Kier molecular flexibility index (Phi) is 2.83. The average molecular weight is 223 g/mol. The lowest BCUT2D eigenvalue weighted by Crippen LogP contribution is -2.49. The van der Waals surface area contributed by atoms with E-state index in [0.29, 0.717) is 6.04 Å². The predicted octanol–water partition coefficient (Wildman–Crippen LogP) is 3.51. The van der Waals surface area contributed by atoms with Gasteiger partial charge in [-0.2, -0.15) is 0 Å². The second-order valence-corrected chi connectivity index (χ2v) is 4.66. The van der Waals surface area contributed by atoms with Crippen LogP contribution in [0.5, 0.6) is 0 Å². The SMILES string of the molecule is c1ccc(CC2CCN2c2ccccc2)cc1. The van der Waals surface area contributed by atoms with Crippen LogP contribution in [-0.4, -0.2) is 12.6 Å². The second kappa shape index (κ2) is 4.62. The Labute approximate surface area is 103 Å². The van der Waals surface area contributed by atoms with Crippen molar-refractivity contribution in [3.05, 3.63) is 66.2 Å². The Morgan fingerprint density at radius 2 is 1.53 bits per heavy atom. The van der Waals surface area contributed by atoms with Crippen molar-refractivity contribution >= 4 is 5.69 Å². The zero-order valence-electron chi connectivity index (χ0n) is 9.92. The third-order valence-corrected chi connectivity index (χ3v) is 3.55. The maximum Gasteiger partial charge on any atom is 0.0368 e. The molecule has 1 nitrogen and oxygen atoms in total. The van der Waals surface area contributed by atoms with E-state index in [1.54, 1.807) is 0 Å². The van der Waals surface area contributed by atoms with E-state index in [2.05, 4.69) is 65.6 Å². The van der Waals surface area contributed by atoms with Crippen molar-refractivity contribution in [1.82, 2.24) is 0 Å². The van der Waals surface area contributed by atoms with Crippen molar-refractivity contribution in [3.8, 4) is 0 Å². The minimum Gasteiger partial charge on any atom is -0.368 e. The van der Waals surface area contributed by atoms with Gasteiger partial charge >= 0.3 is 0 Å². The van der Waals surface area contributed by atoms with E-state index < -0.39 is 0 Å². The van der Waals surface area contributed by atoms with E-state index >= 15 is 0 Å². The van der Waals surface area contributed by atoms with Gasteiger partial charge in [0.1, 0.15) is 0 Å². The van der Waals surface area contributed by atoms with Gasteiger partial charge in [0.2, 0.25) is 0 Å². The first-order chi connectivity index (χ1) is 8.43. The summed E-state index contributed by atoms with van der Waals surface area (Å²) in [6, 6.07) is 22.2. The van der Waals surface area contributed by atoms with Gasteiger partial charge in [0.15, 0.2) is 0 Å². The molecular weight excluding hydrogens is 206 g/mol. The molecule has 1 unspecified atom stereocenters. The lowest BCUT2D eigenvalue weighted by atomic mass is 9.94. The molecular formula is C16H17N. The molecule has 17 heavy (non-hydrogen) atoms. The molecule has 0 N–H and O–H groups in total. The van der Waals surface area contributed by atoms with Gasteiger partial charge in [-0.3, -0.25) is 0 Å². The monoisotopic (exact) mass is 223 g/mol. The van der Waals surface area contributed by atoms with Crippen molar-refractivity contribution < 1.29 is 0 Å². The van der Waals surface area contributed by atoms with Crippen molar-refractivity contribution in [1.29, 1.82) is 0 Å². The Balaban J connectivity index is 1.70. The summed E-state index contributed by atoms with van der Waals surface area (Å²) in [5, 5.41) is 0. The molecule has 3 rings (SSSR count). The summed E-state index contributed by atoms with van der Waals surface area (Å²) in [7, 11) is 0. The number of hydrogen-bond acceptors (Lipinski definition) is 1. The molecule has 86 valence electrons. The van der Waals surface area contributed by atoms with Gasteiger partial charge in [-0.25, -0.2) is 0 Å². The third-order valence-electron chi connectivity index (χ3n) is 3.55. The van der Waals surface area contributed by atoms with Crippen LogP contribution in [0.4, 0.5) is 5.69 Å². The van der Waals surface area contributed by atoms with Crippen molar-refractivity contribution in [2.24, 2.45) is 0 Å². The van der Waals surface area contributed by atoms with Gasteiger partial charge in [0, 0.05) is 18.3 Å². The molecule has 1 aliphatic heterocycles. The van der Waals surface area contributed by atoms with Crippen LogP contribution in [0.1, 0.15) is 12.0 Å². The molecule has 0 saturated carbocycles. The number of para-hydroxylation sites is 1. The van der Waals surface area contributed by atoms with Crippen molar-refractivity contribution in [2.75, 3.05) is 11.4 Å². The molecule has 0 bridgehead atoms. The van der Waals surface area contributed by atoms with Crippen molar-refractivity contribution in [3.63, 3.8) is 0 Å². The smallest absolute Gasteiger partial charge is 0.0368 e. The number of nitrogens with zero attached hydrogens (tertiary/aromatic N) is 1. The second-order valence-electron chi connectivity index (χ2n) is 4.66. The first kappa shape index (κ1) is 10.4. The van der Waals surface area contributed by atoms with Crippen LogP contribution < -0.4 is 4.90 Å². The Hall–Kier alpha value is -1.76. The summed E-state index contributed by atoms with van der Waals surface area (Å²) < 4.78 is 0. The minimum absolute atomic E-state index is 0.680. The molecule has 0 aliphatic carbocycles. The van der Waals surface area contributed by atoms with E-state index in [-0.39, 0.29) is 0 Å². The van der Waals surface area contributed by atoms with E-state index in [9.17, 15) is 0 Å². The molecule has 2 aromatic rings. The number of benzene rings is 2. The van der Waals surface area contributed by atoms with Crippen LogP contribution in [0, 0.1) is 0 Å². The normalized spacial score (nSPS) is 18.8. The van der Waals surface area contributed by atoms with E-state index in [1.807, 2.05) is 0 Å². The molecule has 1 fully saturated rings. The molecule has 1 atom stereocenters. The van der Waals surface area contributed by atoms with Crippen LogP contribution in [0.3, 0.4) is 0 Å². The Bertz CT molecular complexity index is 463. The third kappa shape index (κ3) is 2.19. The van der Waals surface area contributed by atoms with Crippen LogP contribution >= 0.6 is 0 Å². The van der Waals surface area contributed by atoms with Gasteiger partial charge < -0.3 is 4.90 Å². The quantitative estimate of drug-likeness (QED) is 0.769. The van der Waals surface area contributed by atoms with Crippen molar-refractivity contribution in [2.45, 2.75) is 18.9 Å². The summed E-state index contributed by atoms with van der Waals surface area (Å²) in [5.74, 6) is 0. The van der Waals surface area contributed by atoms with E-state index in [4.69, 9.17) is 0 Å². The largest absolute Gasteiger partial charge is 0.368 e. The molecule has 1 heteroatoms. The van der Waals surface area contributed by atoms with Crippen LogP contribution in [0.15, 0.2) is 60.7 Å². The van der Waals surface area contributed by atoms with Gasteiger partial charge in [0.05, 0.1) is 0 Å². The van der Waals surface area contributed by atoms with E-state index in [0.717, 1.165) is 6.42 Å². The Morgan fingerprint density at radius 3 is 2.12 bits per heavy atom. The molecule has 1 saturated heterocycles. The summed E-state index contributed by atoms with van der Waals surface area (Å²) in [6.45, 7) is 1.20. The molecule has 0 aromatic heterocycles. The highest BCUT2D eigenvalue weighted by Gasteiger charge is 2.27. The van der Waals surface area contributed by atoms with Gasteiger partial charge in [-0.1, -0.05) is 48.5 Å². The topological polar surface area (TPSA) is 3.24 Å². The Morgan fingerprint density at radius 1 is 0.882 bits per heavy atom. The summed E-state index contributed by atoms with van der Waals surface area (Å²) in [5.41, 5.74) is 2.80. The summed E-state index contributed by atoms with van der Waals surface area (Å²) >= 11 is 0. The minimum atomic E-state index is 0.680. The average Bonchev–Trinajstić information content (AvgIpc) is 2.37. The zero-order valence-corrected chi connectivity index (χ0v) is 9.92. The first-order valence-electron chi connectivity index (χ1n) is 6.29.